The summed E-state index contributed by atoms with van der Waals surface area (Å²) in [4.78, 5) is 18.2. The predicted molar refractivity (Wildman–Crippen MR) is 138 cm³/mol. The molecule has 10 heteroatoms. The molecule has 3 aromatic carbocycles. The Balaban J connectivity index is 1.63. The molecule has 1 aliphatic heterocycles. The second-order valence-corrected chi connectivity index (χ2v) is 8.91. The Morgan fingerprint density at radius 3 is 2.61 bits per heavy atom. The first-order valence-corrected chi connectivity index (χ1v) is 11.7. The van der Waals surface area contributed by atoms with Crippen molar-refractivity contribution in [3.8, 4) is 17.1 Å². The lowest BCUT2D eigenvalue weighted by molar-refractivity contribution is -0.113. The van der Waals surface area contributed by atoms with E-state index in [1.165, 1.54) is 17.9 Å². The van der Waals surface area contributed by atoms with Crippen LogP contribution in [-0.2, 0) is 4.79 Å². The van der Waals surface area contributed by atoms with Crippen LogP contribution in [0.2, 0.25) is 10.0 Å². The number of rotatable bonds is 5. The highest BCUT2D eigenvalue weighted by molar-refractivity contribution is 6.36. The molecule has 1 amide bonds. The molecular weight excluding hydrogens is 504 g/mol. The maximum Gasteiger partial charge on any atom is 0.255 e. The van der Waals surface area contributed by atoms with E-state index in [0.29, 0.717) is 44.5 Å². The number of amides is 1. The van der Waals surface area contributed by atoms with Crippen molar-refractivity contribution in [1.29, 1.82) is 0 Å². The molecule has 2 N–H and O–H groups in total. The van der Waals surface area contributed by atoms with Gasteiger partial charge in [-0.3, -0.25) is 4.79 Å². The van der Waals surface area contributed by atoms with Crippen LogP contribution in [-0.4, -0.2) is 27.8 Å². The van der Waals surface area contributed by atoms with E-state index in [4.69, 9.17) is 27.9 Å². The van der Waals surface area contributed by atoms with Gasteiger partial charge < -0.3 is 15.4 Å². The second kappa shape index (κ2) is 9.64. The van der Waals surface area contributed by atoms with Crippen molar-refractivity contribution in [2.45, 2.75) is 13.0 Å². The van der Waals surface area contributed by atoms with Crippen molar-refractivity contribution in [1.82, 2.24) is 14.8 Å². The quantitative estimate of drug-likeness (QED) is 0.319. The van der Waals surface area contributed by atoms with E-state index < -0.39 is 17.8 Å². The summed E-state index contributed by atoms with van der Waals surface area (Å²) in [5.41, 5.74) is 2.08. The summed E-state index contributed by atoms with van der Waals surface area (Å²) in [5.74, 6) is 0.226. The Morgan fingerprint density at radius 1 is 1.11 bits per heavy atom. The molecular formula is C26H20Cl2FN5O2. The van der Waals surface area contributed by atoms with E-state index in [0.717, 1.165) is 0 Å². The SMILES string of the molecule is COc1ccccc1NC(=O)C1=C(C)Nc2nc(-c3ccc(Cl)cc3Cl)nn2C1c1ccccc1F. The van der Waals surface area contributed by atoms with Crippen LogP contribution in [0.25, 0.3) is 11.4 Å². The largest absolute Gasteiger partial charge is 0.495 e. The molecule has 0 saturated heterocycles. The Kier molecular flexibility index (Phi) is 6.38. The maximum atomic E-state index is 15.1. The second-order valence-electron chi connectivity index (χ2n) is 8.07. The zero-order chi connectivity index (χ0) is 25.4. The normalized spacial score (nSPS) is 14.8. The van der Waals surface area contributed by atoms with Gasteiger partial charge in [-0.2, -0.15) is 4.98 Å². The lowest BCUT2D eigenvalue weighted by Gasteiger charge is -2.29. The van der Waals surface area contributed by atoms with Gasteiger partial charge in [0.1, 0.15) is 17.6 Å². The van der Waals surface area contributed by atoms with Crippen molar-refractivity contribution < 1.29 is 13.9 Å². The van der Waals surface area contributed by atoms with Crippen LogP contribution in [0.4, 0.5) is 16.0 Å². The third kappa shape index (κ3) is 4.29. The smallest absolute Gasteiger partial charge is 0.255 e. The molecule has 182 valence electrons. The number of aromatic nitrogens is 3. The molecule has 2 heterocycles. The zero-order valence-electron chi connectivity index (χ0n) is 19.2. The number of benzene rings is 3. The summed E-state index contributed by atoms with van der Waals surface area (Å²) < 4.78 is 22.0. The molecule has 7 nitrogen and oxygen atoms in total. The highest BCUT2D eigenvalue weighted by Gasteiger charge is 2.36. The number of hydrogen-bond donors (Lipinski definition) is 2. The van der Waals surface area contributed by atoms with E-state index in [-0.39, 0.29) is 11.1 Å². The number of anilines is 2. The van der Waals surface area contributed by atoms with Gasteiger partial charge in [0.2, 0.25) is 5.95 Å². The summed E-state index contributed by atoms with van der Waals surface area (Å²) in [6.07, 6.45) is 0. The Morgan fingerprint density at radius 2 is 1.86 bits per heavy atom. The number of fused-ring (bicyclic) bond motifs is 1. The summed E-state index contributed by atoms with van der Waals surface area (Å²) in [7, 11) is 1.52. The van der Waals surface area contributed by atoms with Gasteiger partial charge >= 0.3 is 0 Å². The van der Waals surface area contributed by atoms with Gasteiger partial charge in [-0.15, -0.1) is 5.10 Å². The lowest BCUT2D eigenvalue weighted by Crippen LogP contribution is -2.32. The minimum atomic E-state index is -0.899. The van der Waals surface area contributed by atoms with Crippen molar-refractivity contribution in [2.24, 2.45) is 0 Å². The summed E-state index contributed by atoms with van der Waals surface area (Å²) in [5, 5.41) is 11.5. The molecule has 1 unspecified atom stereocenters. The number of halogens is 3. The average Bonchev–Trinajstić information content (AvgIpc) is 3.27. The Hall–Kier alpha value is -3.88. The number of carbonyl (C=O) groups excluding carboxylic acids is 1. The Bertz CT molecular complexity index is 1520. The fourth-order valence-electron chi connectivity index (χ4n) is 4.15. The first-order valence-electron chi connectivity index (χ1n) is 11.0. The topological polar surface area (TPSA) is 81.1 Å². The molecule has 0 spiro atoms. The van der Waals surface area contributed by atoms with Crippen LogP contribution in [0.15, 0.2) is 78.0 Å². The van der Waals surface area contributed by atoms with Gasteiger partial charge in [0.25, 0.3) is 5.91 Å². The molecule has 1 aliphatic rings. The number of carbonyl (C=O) groups is 1. The van der Waals surface area contributed by atoms with E-state index in [1.54, 1.807) is 67.6 Å². The average molecular weight is 524 g/mol. The van der Waals surface area contributed by atoms with Gasteiger partial charge in [-0.1, -0.05) is 53.5 Å². The summed E-state index contributed by atoms with van der Waals surface area (Å²) in [6.45, 7) is 1.73. The van der Waals surface area contributed by atoms with Crippen LogP contribution in [0.3, 0.4) is 0 Å². The number of ether oxygens (including phenoxy) is 1. The first-order chi connectivity index (χ1) is 17.4. The lowest BCUT2D eigenvalue weighted by atomic mass is 9.94. The summed E-state index contributed by atoms with van der Waals surface area (Å²) in [6, 6.07) is 17.4. The Labute approximate surface area is 216 Å². The monoisotopic (exact) mass is 523 g/mol. The molecule has 1 aromatic heterocycles. The highest BCUT2D eigenvalue weighted by Crippen LogP contribution is 2.39. The van der Waals surface area contributed by atoms with Gasteiger partial charge in [-0.25, -0.2) is 9.07 Å². The number of hydrogen-bond acceptors (Lipinski definition) is 5. The number of nitrogens with one attached hydrogen (secondary N) is 2. The number of para-hydroxylation sites is 2. The highest BCUT2D eigenvalue weighted by atomic mass is 35.5. The third-order valence-electron chi connectivity index (χ3n) is 5.82. The zero-order valence-corrected chi connectivity index (χ0v) is 20.7. The van der Waals surface area contributed by atoms with Crippen LogP contribution in [0.1, 0.15) is 18.5 Å². The van der Waals surface area contributed by atoms with Crippen molar-refractivity contribution in [3.05, 3.63) is 99.4 Å². The third-order valence-corrected chi connectivity index (χ3v) is 6.37. The van der Waals surface area contributed by atoms with E-state index in [2.05, 4.69) is 20.7 Å². The van der Waals surface area contributed by atoms with Crippen LogP contribution < -0.4 is 15.4 Å². The van der Waals surface area contributed by atoms with Gasteiger partial charge in [0, 0.05) is 21.8 Å². The summed E-state index contributed by atoms with van der Waals surface area (Å²) >= 11 is 12.4. The molecule has 36 heavy (non-hydrogen) atoms. The minimum Gasteiger partial charge on any atom is -0.495 e. The standard InChI is InChI=1S/C26H20Cl2FN5O2/c1-14-22(25(35)31-20-9-5-6-10-21(20)36-2)23(17-7-3-4-8-19(17)29)34-26(30-14)32-24(33-34)16-12-11-15(27)13-18(16)28/h3-13,23H,1-2H3,(H,31,35)(H,30,32,33). The molecule has 0 radical (unpaired) electrons. The van der Waals surface area contributed by atoms with E-state index in [1.807, 2.05) is 0 Å². The number of nitrogens with zero attached hydrogens (tertiary/aromatic N) is 3. The predicted octanol–water partition coefficient (Wildman–Crippen LogP) is 6.33. The molecule has 0 saturated carbocycles. The van der Waals surface area contributed by atoms with Crippen LogP contribution >= 0.6 is 23.2 Å². The number of methoxy groups -OCH3 is 1. The van der Waals surface area contributed by atoms with E-state index in [9.17, 15) is 4.79 Å². The van der Waals surface area contributed by atoms with Crippen molar-refractivity contribution in [2.75, 3.05) is 17.7 Å². The molecule has 1 atom stereocenters. The van der Waals surface area contributed by atoms with Crippen molar-refractivity contribution in [3.63, 3.8) is 0 Å². The van der Waals surface area contributed by atoms with Gasteiger partial charge in [-0.05, 0) is 43.3 Å². The number of allylic oxidation sites excluding steroid dienone is 1. The van der Waals surface area contributed by atoms with E-state index >= 15 is 4.39 Å². The molecule has 5 rings (SSSR count). The molecule has 0 fully saturated rings. The maximum absolute atomic E-state index is 15.1. The van der Waals surface area contributed by atoms with Crippen LogP contribution in [0, 0.1) is 5.82 Å². The van der Waals surface area contributed by atoms with Gasteiger partial charge in [0.15, 0.2) is 5.82 Å². The van der Waals surface area contributed by atoms with Crippen LogP contribution in [0.5, 0.6) is 5.75 Å². The first kappa shape index (κ1) is 23.8. The fraction of sp³-hybridized carbons (Fsp3) is 0.115. The molecule has 0 bridgehead atoms. The molecule has 4 aromatic rings. The van der Waals surface area contributed by atoms with Crippen molar-refractivity contribution >= 4 is 40.7 Å². The fourth-order valence-corrected chi connectivity index (χ4v) is 4.65. The molecule has 0 aliphatic carbocycles. The van der Waals surface area contributed by atoms with Gasteiger partial charge in [0.05, 0.1) is 23.4 Å². The minimum absolute atomic E-state index is 0.267.